The largest absolute Gasteiger partial charge is 0.495 e. The molecule has 0 saturated carbocycles. The minimum Gasteiger partial charge on any atom is -0.495 e. The summed E-state index contributed by atoms with van der Waals surface area (Å²) in [6, 6.07) is 7.81. The van der Waals surface area contributed by atoms with E-state index in [0.717, 1.165) is 0 Å². The fourth-order valence-corrected chi connectivity index (χ4v) is 3.77. The SMILES string of the molecule is COc1c(Br)cc(Br)cc1C(=O)NC(=S)Nc1ccc(Br)cc1F. The Morgan fingerprint density at radius 1 is 1.17 bits per heavy atom. The Labute approximate surface area is 168 Å². The van der Waals surface area contributed by atoms with Gasteiger partial charge in [0.2, 0.25) is 0 Å². The van der Waals surface area contributed by atoms with E-state index in [2.05, 4.69) is 58.4 Å². The highest BCUT2D eigenvalue weighted by atomic mass is 79.9. The Balaban J connectivity index is 2.16. The van der Waals surface area contributed by atoms with E-state index in [9.17, 15) is 9.18 Å². The maximum atomic E-state index is 13.8. The lowest BCUT2D eigenvalue weighted by molar-refractivity contribution is 0.0974. The molecule has 2 aromatic rings. The van der Waals surface area contributed by atoms with Gasteiger partial charge in [-0.2, -0.15) is 0 Å². The van der Waals surface area contributed by atoms with Gasteiger partial charge in [-0.3, -0.25) is 10.1 Å². The molecule has 0 radical (unpaired) electrons. The normalized spacial score (nSPS) is 10.2. The Bertz CT molecular complexity index is 818. The highest BCUT2D eigenvalue weighted by Gasteiger charge is 2.17. The van der Waals surface area contributed by atoms with Gasteiger partial charge in [-0.05, 0) is 58.5 Å². The summed E-state index contributed by atoms with van der Waals surface area (Å²) < 4.78 is 20.9. The Kier molecular flexibility index (Phi) is 6.73. The maximum absolute atomic E-state index is 13.8. The molecule has 2 N–H and O–H groups in total. The summed E-state index contributed by atoms with van der Waals surface area (Å²) >= 11 is 14.9. The van der Waals surface area contributed by atoms with Crippen LogP contribution in [0.2, 0.25) is 0 Å². The number of amides is 1. The molecule has 2 aromatic carbocycles. The zero-order chi connectivity index (χ0) is 17.9. The molecule has 0 aliphatic rings. The van der Waals surface area contributed by atoms with Crippen molar-refractivity contribution in [3.05, 3.63) is 55.1 Å². The molecule has 1 amide bonds. The van der Waals surface area contributed by atoms with Crippen LogP contribution < -0.4 is 15.4 Å². The van der Waals surface area contributed by atoms with E-state index in [4.69, 9.17) is 17.0 Å². The van der Waals surface area contributed by atoms with Gasteiger partial charge in [-0.25, -0.2) is 4.39 Å². The van der Waals surface area contributed by atoms with Gasteiger partial charge in [0.15, 0.2) is 5.11 Å². The molecule has 9 heteroatoms. The van der Waals surface area contributed by atoms with Crippen molar-refractivity contribution in [1.82, 2.24) is 5.32 Å². The number of rotatable bonds is 3. The minimum atomic E-state index is -0.497. The number of benzene rings is 2. The first-order valence-corrected chi connectivity index (χ1v) is 9.21. The van der Waals surface area contributed by atoms with E-state index in [1.165, 1.54) is 19.2 Å². The number of hydrogen-bond donors (Lipinski definition) is 2. The number of hydrogen-bond acceptors (Lipinski definition) is 3. The third-order valence-electron chi connectivity index (χ3n) is 2.86. The number of nitrogens with one attached hydrogen (secondary N) is 2. The Morgan fingerprint density at radius 2 is 1.88 bits per heavy atom. The number of methoxy groups -OCH3 is 1. The summed E-state index contributed by atoms with van der Waals surface area (Å²) in [4.78, 5) is 12.4. The number of carbonyl (C=O) groups is 1. The van der Waals surface area contributed by atoms with Crippen molar-refractivity contribution >= 4 is 76.7 Å². The van der Waals surface area contributed by atoms with Gasteiger partial charge in [0.25, 0.3) is 5.91 Å². The van der Waals surface area contributed by atoms with Crippen LogP contribution in [-0.2, 0) is 0 Å². The number of halogens is 4. The van der Waals surface area contributed by atoms with Crippen molar-refractivity contribution in [1.29, 1.82) is 0 Å². The van der Waals surface area contributed by atoms with Crippen molar-refractivity contribution < 1.29 is 13.9 Å². The molecular weight excluding hydrogens is 531 g/mol. The summed E-state index contributed by atoms with van der Waals surface area (Å²) in [5.41, 5.74) is 0.435. The summed E-state index contributed by atoms with van der Waals surface area (Å²) in [7, 11) is 1.46. The van der Waals surface area contributed by atoms with E-state index < -0.39 is 11.7 Å². The molecule has 0 atom stereocenters. The second kappa shape index (κ2) is 8.37. The molecule has 0 spiro atoms. The first-order chi connectivity index (χ1) is 11.3. The quantitative estimate of drug-likeness (QED) is 0.522. The lowest BCUT2D eigenvalue weighted by atomic mass is 10.2. The zero-order valence-corrected chi connectivity index (χ0v) is 17.7. The van der Waals surface area contributed by atoms with Crippen LogP contribution in [0.25, 0.3) is 0 Å². The first kappa shape index (κ1) is 19.3. The number of anilines is 1. The molecule has 4 nitrogen and oxygen atoms in total. The molecule has 0 bridgehead atoms. The summed E-state index contributed by atoms with van der Waals surface area (Å²) in [6.45, 7) is 0. The molecule has 0 fully saturated rings. The topological polar surface area (TPSA) is 50.4 Å². The van der Waals surface area contributed by atoms with Gasteiger partial charge in [-0.1, -0.05) is 31.9 Å². The molecule has 2 rings (SSSR count). The van der Waals surface area contributed by atoms with Crippen molar-refractivity contribution in [2.24, 2.45) is 0 Å². The van der Waals surface area contributed by atoms with Crippen LogP contribution in [0.15, 0.2) is 43.7 Å². The van der Waals surface area contributed by atoms with E-state index >= 15 is 0 Å². The second-order valence-electron chi connectivity index (χ2n) is 4.50. The van der Waals surface area contributed by atoms with Crippen LogP contribution in [0.4, 0.5) is 10.1 Å². The lowest BCUT2D eigenvalue weighted by Gasteiger charge is -2.13. The lowest BCUT2D eigenvalue weighted by Crippen LogP contribution is -2.34. The van der Waals surface area contributed by atoms with E-state index in [-0.39, 0.29) is 16.4 Å². The van der Waals surface area contributed by atoms with Gasteiger partial charge in [-0.15, -0.1) is 0 Å². The van der Waals surface area contributed by atoms with Crippen LogP contribution in [0.3, 0.4) is 0 Å². The predicted octanol–water partition coefficient (Wildman–Crippen LogP) is 5.25. The zero-order valence-electron chi connectivity index (χ0n) is 12.1. The second-order valence-corrected chi connectivity index (χ2v) is 7.59. The van der Waals surface area contributed by atoms with Crippen LogP contribution in [0, 0.1) is 5.82 Å². The van der Waals surface area contributed by atoms with Crippen molar-refractivity contribution in [3.63, 3.8) is 0 Å². The predicted molar refractivity (Wildman–Crippen MR) is 106 cm³/mol. The third kappa shape index (κ3) is 4.75. The van der Waals surface area contributed by atoms with Crippen LogP contribution in [0.5, 0.6) is 5.75 Å². The van der Waals surface area contributed by atoms with Crippen LogP contribution >= 0.6 is 60.0 Å². The number of thiocarbonyl (C=S) groups is 1. The summed E-state index contributed by atoms with van der Waals surface area (Å²) in [6.07, 6.45) is 0. The number of carbonyl (C=O) groups excluding carboxylic acids is 1. The third-order valence-corrected chi connectivity index (χ3v) is 4.61. The average molecular weight is 541 g/mol. The fraction of sp³-hybridized carbons (Fsp3) is 0.0667. The van der Waals surface area contributed by atoms with E-state index in [0.29, 0.717) is 19.2 Å². The van der Waals surface area contributed by atoms with Crippen molar-refractivity contribution in [2.45, 2.75) is 0 Å². The highest BCUT2D eigenvalue weighted by Crippen LogP contribution is 2.32. The summed E-state index contributed by atoms with van der Waals surface area (Å²) in [5, 5.41) is 5.11. The molecule has 0 aliphatic heterocycles. The van der Waals surface area contributed by atoms with E-state index in [1.54, 1.807) is 18.2 Å². The van der Waals surface area contributed by atoms with Crippen LogP contribution in [-0.4, -0.2) is 18.1 Å². The molecule has 24 heavy (non-hydrogen) atoms. The molecule has 0 unspecified atom stereocenters. The van der Waals surface area contributed by atoms with Crippen molar-refractivity contribution in [2.75, 3.05) is 12.4 Å². The highest BCUT2D eigenvalue weighted by molar-refractivity contribution is 9.11. The Hall–Kier alpha value is -1.03. The Morgan fingerprint density at radius 3 is 2.50 bits per heavy atom. The molecule has 0 aliphatic carbocycles. The van der Waals surface area contributed by atoms with Crippen molar-refractivity contribution in [3.8, 4) is 5.75 Å². The van der Waals surface area contributed by atoms with Gasteiger partial charge in [0, 0.05) is 8.95 Å². The van der Waals surface area contributed by atoms with Gasteiger partial charge in [0.05, 0.1) is 22.8 Å². The molecule has 0 saturated heterocycles. The average Bonchev–Trinajstić information content (AvgIpc) is 2.49. The number of ether oxygens (including phenoxy) is 1. The minimum absolute atomic E-state index is 0.0284. The van der Waals surface area contributed by atoms with Gasteiger partial charge < -0.3 is 10.1 Å². The van der Waals surface area contributed by atoms with Gasteiger partial charge >= 0.3 is 0 Å². The fourth-order valence-electron chi connectivity index (χ4n) is 1.85. The first-order valence-electron chi connectivity index (χ1n) is 6.42. The molecule has 0 heterocycles. The van der Waals surface area contributed by atoms with E-state index in [1.807, 2.05) is 0 Å². The summed E-state index contributed by atoms with van der Waals surface area (Å²) in [5.74, 6) is -0.610. The van der Waals surface area contributed by atoms with Gasteiger partial charge in [0.1, 0.15) is 11.6 Å². The smallest absolute Gasteiger partial charge is 0.261 e. The molecular formula is C15H10Br3FN2O2S. The maximum Gasteiger partial charge on any atom is 0.261 e. The molecule has 0 aromatic heterocycles. The standard InChI is InChI=1S/C15H10Br3FN2O2S/c1-23-13-9(4-8(17)5-10(13)18)14(22)21-15(24)20-12-3-2-7(16)6-11(12)19/h2-6H,1H3,(H2,20,21,22,24). The molecule has 126 valence electrons. The van der Waals surface area contributed by atoms with Crippen LogP contribution in [0.1, 0.15) is 10.4 Å². The monoisotopic (exact) mass is 538 g/mol.